The number of hydrogen-bond acceptors (Lipinski definition) is 0. The maximum Gasteiger partial charge on any atom is -0.0533 e. The van der Waals surface area contributed by atoms with E-state index >= 15 is 0 Å². The Morgan fingerprint density at radius 3 is 0.190 bits per heavy atom. The molecule has 0 heterocycles. The van der Waals surface area contributed by atoms with Gasteiger partial charge in [0, 0.05) is 0 Å². The summed E-state index contributed by atoms with van der Waals surface area (Å²) < 4.78 is 0. The quantitative estimate of drug-likeness (QED) is 0.395. The Morgan fingerprint density at radius 2 is 0.143 bits per heavy atom. The minimum Gasteiger partial charge on any atom is -0.0533 e. The van der Waals surface area contributed by atoms with Crippen molar-refractivity contribution in [2.24, 2.45) is 0 Å². The van der Waals surface area contributed by atoms with Gasteiger partial charge in [0.1, 0.15) is 0 Å². The first kappa shape index (κ1) is 19.0. The summed E-state index contributed by atoms with van der Waals surface area (Å²) in [5.41, 5.74) is 0. The van der Waals surface area contributed by atoms with Crippen molar-refractivity contribution in [2.45, 2.75) is 135 Å². The first-order chi connectivity index (χ1) is 10.5. The van der Waals surface area contributed by atoms with Crippen LogP contribution in [-0.4, -0.2) is 0 Å². The Hall–Kier alpha value is 0. The first-order valence-corrected chi connectivity index (χ1v) is 10.5. The van der Waals surface area contributed by atoms with E-state index in [0.717, 1.165) is 0 Å². The summed E-state index contributed by atoms with van der Waals surface area (Å²) in [6.07, 6.45) is 31.5. The molecule has 0 unspecified atom stereocenters. The molecule has 0 aromatic carbocycles. The largest absolute Gasteiger partial charge is 0.0533 e. The Morgan fingerprint density at radius 1 is 0.0952 bits per heavy atom. The van der Waals surface area contributed by atoms with Crippen molar-refractivity contribution in [1.82, 2.24) is 0 Å². The van der Waals surface area contributed by atoms with Crippen molar-refractivity contribution < 1.29 is 0 Å². The van der Waals surface area contributed by atoms with Crippen molar-refractivity contribution in [1.29, 1.82) is 0 Å². The van der Waals surface area contributed by atoms with Gasteiger partial charge in [-0.1, -0.05) is 135 Å². The van der Waals surface area contributed by atoms with Gasteiger partial charge in [0.05, 0.1) is 0 Å². The highest BCUT2D eigenvalue weighted by molar-refractivity contribution is 4.52. The lowest BCUT2D eigenvalue weighted by Gasteiger charge is -1.93. The van der Waals surface area contributed by atoms with Crippen LogP contribution in [0.25, 0.3) is 0 Å². The molecule has 0 bridgehead atoms. The summed E-state index contributed by atoms with van der Waals surface area (Å²) in [4.78, 5) is 0. The van der Waals surface area contributed by atoms with E-state index in [4.69, 9.17) is 0 Å². The molecule has 0 aromatic heterocycles. The van der Waals surface area contributed by atoms with Crippen LogP contribution in [0.3, 0.4) is 0 Å². The Balaban J connectivity index is 0.000000164. The van der Waals surface area contributed by atoms with Gasteiger partial charge in [0.25, 0.3) is 0 Å². The van der Waals surface area contributed by atoms with Crippen LogP contribution >= 0.6 is 0 Å². The van der Waals surface area contributed by atoms with Crippen molar-refractivity contribution >= 4 is 0 Å². The average Bonchev–Trinajstić information content (AvgIpc) is 3.02. The molecule has 0 heteroatoms. The van der Waals surface area contributed by atoms with Crippen LogP contribution in [0.4, 0.5) is 0 Å². The third-order valence-electron chi connectivity index (χ3n) is 5.25. The van der Waals surface area contributed by atoms with Crippen LogP contribution in [0.15, 0.2) is 0 Å². The van der Waals surface area contributed by atoms with E-state index in [2.05, 4.69) is 0 Å². The Bertz CT molecular complexity index is 125. The molecule has 21 heavy (non-hydrogen) atoms. The zero-order chi connectivity index (χ0) is 14.8. The highest BCUT2D eigenvalue weighted by Crippen LogP contribution is 2.16. The molecule has 3 rings (SSSR count). The molecule has 126 valence electrons. The standard InChI is InChI=1S/C9H18.C7H14.C5H10/c1-2-4-6-8-9-7-5-3-1;1-2-4-6-7-5-3-1;1-2-4-5-3-1/h1-9H2;1-7H2;1-5H2. The van der Waals surface area contributed by atoms with Gasteiger partial charge in [0.15, 0.2) is 0 Å². The lowest BCUT2D eigenvalue weighted by molar-refractivity contribution is 0.624. The van der Waals surface area contributed by atoms with Crippen molar-refractivity contribution in [3.8, 4) is 0 Å². The van der Waals surface area contributed by atoms with Crippen LogP contribution in [-0.2, 0) is 0 Å². The van der Waals surface area contributed by atoms with Gasteiger partial charge < -0.3 is 0 Å². The zero-order valence-electron chi connectivity index (χ0n) is 14.8. The molecule has 0 aromatic rings. The van der Waals surface area contributed by atoms with Crippen molar-refractivity contribution in [3.05, 3.63) is 0 Å². The van der Waals surface area contributed by atoms with Gasteiger partial charge >= 0.3 is 0 Å². The minimum absolute atomic E-state index is 1.50. The predicted octanol–water partition coefficient (Wildman–Crippen LogP) is 8.19. The molecule has 0 radical (unpaired) electrons. The summed E-state index contributed by atoms with van der Waals surface area (Å²) >= 11 is 0. The third-order valence-corrected chi connectivity index (χ3v) is 5.25. The molecular formula is C21H42. The molecule has 3 fully saturated rings. The molecular weight excluding hydrogens is 252 g/mol. The number of rotatable bonds is 0. The average molecular weight is 295 g/mol. The topological polar surface area (TPSA) is 0 Å². The zero-order valence-corrected chi connectivity index (χ0v) is 14.8. The lowest BCUT2D eigenvalue weighted by atomic mass is 10.1. The number of hydrogen-bond donors (Lipinski definition) is 0. The SMILES string of the molecule is C1CCCC1.C1CCCCCC1.C1CCCCCCCC1. The Labute approximate surface area is 135 Å². The predicted molar refractivity (Wildman–Crippen MR) is 97.0 cm³/mol. The van der Waals surface area contributed by atoms with E-state index in [-0.39, 0.29) is 0 Å². The van der Waals surface area contributed by atoms with Gasteiger partial charge in [0.2, 0.25) is 0 Å². The molecule has 0 N–H and O–H groups in total. The second-order valence-electron chi connectivity index (χ2n) is 7.42. The fourth-order valence-electron chi connectivity index (χ4n) is 3.71. The molecule has 0 amide bonds. The highest BCUT2D eigenvalue weighted by Gasteiger charge is 1.96. The second-order valence-corrected chi connectivity index (χ2v) is 7.42. The fraction of sp³-hybridized carbons (Fsp3) is 1.00. The molecule has 0 nitrogen and oxygen atoms in total. The highest BCUT2D eigenvalue weighted by atomic mass is 14.0. The monoisotopic (exact) mass is 294 g/mol. The van der Waals surface area contributed by atoms with Crippen LogP contribution in [0.2, 0.25) is 0 Å². The molecule has 3 aliphatic rings. The van der Waals surface area contributed by atoms with Gasteiger partial charge in [-0.3, -0.25) is 0 Å². The fourth-order valence-corrected chi connectivity index (χ4v) is 3.71. The van der Waals surface area contributed by atoms with E-state index in [1.807, 2.05) is 0 Å². The van der Waals surface area contributed by atoms with Crippen LogP contribution in [0.1, 0.15) is 135 Å². The van der Waals surface area contributed by atoms with Gasteiger partial charge in [-0.15, -0.1) is 0 Å². The third kappa shape index (κ3) is 14.7. The summed E-state index contributed by atoms with van der Waals surface area (Å²) in [5.74, 6) is 0. The molecule has 3 saturated carbocycles. The summed E-state index contributed by atoms with van der Waals surface area (Å²) in [7, 11) is 0. The van der Waals surface area contributed by atoms with Gasteiger partial charge in [-0.2, -0.15) is 0 Å². The van der Waals surface area contributed by atoms with Crippen LogP contribution in [0, 0.1) is 0 Å². The van der Waals surface area contributed by atoms with E-state index in [1.54, 1.807) is 0 Å². The molecule has 0 atom stereocenters. The maximum absolute atomic E-state index is 1.50. The van der Waals surface area contributed by atoms with Gasteiger partial charge in [-0.25, -0.2) is 0 Å². The first-order valence-electron chi connectivity index (χ1n) is 10.5. The molecule has 3 aliphatic carbocycles. The van der Waals surface area contributed by atoms with E-state index < -0.39 is 0 Å². The molecule has 0 saturated heterocycles. The van der Waals surface area contributed by atoms with Gasteiger partial charge in [-0.05, 0) is 0 Å². The normalized spacial score (nSPS) is 24.0. The maximum atomic E-state index is 1.50. The molecule has 0 spiro atoms. The smallest absolute Gasteiger partial charge is 0.0533 e. The van der Waals surface area contributed by atoms with Crippen molar-refractivity contribution in [2.75, 3.05) is 0 Å². The summed E-state index contributed by atoms with van der Waals surface area (Å²) in [5, 5.41) is 0. The second kappa shape index (κ2) is 16.4. The Kier molecular flexibility index (Phi) is 14.8. The van der Waals surface area contributed by atoms with E-state index in [1.165, 1.54) is 135 Å². The van der Waals surface area contributed by atoms with E-state index in [9.17, 15) is 0 Å². The summed E-state index contributed by atoms with van der Waals surface area (Å²) in [6.45, 7) is 0. The minimum atomic E-state index is 1.50. The lowest BCUT2D eigenvalue weighted by Crippen LogP contribution is -1.73. The van der Waals surface area contributed by atoms with Crippen molar-refractivity contribution in [3.63, 3.8) is 0 Å². The van der Waals surface area contributed by atoms with E-state index in [0.29, 0.717) is 0 Å². The van der Waals surface area contributed by atoms with Crippen LogP contribution in [0.5, 0.6) is 0 Å². The van der Waals surface area contributed by atoms with Crippen LogP contribution < -0.4 is 0 Å². The molecule has 0 aliphatic heterocycles. The summed E-state index contributed by atoms with van der Waals surface area (Å²) in [6, 6.07) is 0.